The number of fused-ring (bicyclic) bond motifs is 1. The second-order valence-electron chi connectivity index (χ2n) is 4.12. The molecule has 0 aromatic heterocycles. The maximum Gasteiger partial charge on any atom is 0.273 e. The second kappa shape index (κ2) is 3.66. The number of carbonyl (C=O) groups excluding carboxylic acids is 1. The Morgan fingerprint density at radius 3 is 3.06 bits per heavy atom. The van der Waals surface area contributed by atoms with Crippen LogP contribution in [0.3, 0.4) is 0 Å². The summed E-state index contributed by atoms with van der Waals surface area (Å²) in [6, 6.07) is 7.88. The number of benzene rings is 1. The summed E-state index contributed by atoms with van der Waals surface area (Å²) in [5, 5.41) is 2.54. The maximum absolute atomic E-state index is 11.6. The molecule has 17 heavy (non-hydrogen) atoms. The van der Waals surface area contributed by atoms with E-state index in [0.29, 0.717) is 5.71 Å². The van der Waals surface area contributed by atoms with Gasteiger partial charge in [-0.15, -0.1) is 0 Å². The molecule has 1 unspecified atom stereocenters. The molecule has 2 heterocycles. The number of rotatable bonds is 1. The molecular formula is C13H11N3O. The van der Waals surface area contributed by atoms with Gasteiger partial charge in [0.15, 0.2) is 0 Å². The summed E-state index contributed by atoms with van der Waals surface area (Å²) >= 11 is 0. The van der Waals surface area contributed by atoms with E-state index in [1.54, 1.807) is 6.20 Å². The Kier molecular flexibility index (Phi) is 2.14. The lowest BCUT2D eigenvalue weighted by Crippen LogP contribution is -2.40. The van der Waals surface area contributed by atoms with E-state index in [2.05, 4.69) is 21.4 Å². The third-order valence-corrected chi connectivity index (χ3v) is 2.90. The van der Waals surface area contributed by atoms with Gasteiger partial charge in [0, 0.05) is 11.8 Å². The largest absolute Gasteiger partial charge is 0.312 e. The Hall–Kier alpha value is -2.23. The van der Waals surface area contributed by atoms with E-state index in [4.69, 9.17) is 0 Å². The molecule has 0 bridgehead atoms. The number of nitrogens with one attached hydrogen (secondary N) is 1. The van der Waals surface area contributed by atoms with E-state index in [1.165, 1.54) is 11.9 Å². The Morgan fingerprint density at radius 2 is 2.24 bits per heavy atom. The number of amides is 1. The maximum atomic E-state index is 11.6. The minimum atomic E-state index is -0.245. The number of carbonyl (C=O) groups is 1. The molecule has 4 nitrogen and oxygen atoms in total. The fourth-order valence-corrected chi connectivity index (χ4v) is 2.06. The highest BCUT2D eigenvalue weighted by atomic mass is 16.2. The van der Waals surface area contributed by atoms with Crippen molar-refractivity contribution >= 4 is 23.5 Å². The number of hydrogen-bond acceptors (Lipinski definition) is 3. The molecule has 4 heteroatoms. The number of nitrogens with zero attached hydrogens (tertiary/aromatic N) is 2. The van der Waals surface area contributed by atoms with Crippen molar-refractivity contribution in [1.82, 2.24) is 5.32 Å². The average molecular weight is 225 g/mol. The minimum Gasteiger partial charge on any atom is -0.312 e. The van der Waals surface area contributed by atoms with Crippen molar-refractivity contribution in [3.63, 3.8) is 0 Å². The number of aryl methyl sites for hydroxylation is 1. The zero-order chi connectivity index (χ0) is 11.8. The van der Waals surface area contributed by atoms with Gasteiger partial charge >= 0.3 is 0 Å². The van der Waals surface area contributed by atoms with Crippen LogP contribution in [-0.4, -0.2) is 24.0 Å². The molecule has 1 aromatic rings. The van der Waals surface area contributed by atoms with Crippen molar-refractivity contribution in [2.24, 2.45) is 9.98 Å². The van der Waals surface area contributed by atoms with Gasteiger partial charge in [-0.05, 0) is 12.5 Å². The monoisotopic (exact) mass is 225 g/mol. The van der Waals surface area contributed by atoms with Crippen molar-refractivity contribution < 1.29 is 4.79 Å². The van der Waals surface area contributed by atoms with Gasteiger partial charge in [-0.3, -0.25) is 14.8 Å². The van der Waals surface area contributed by atoms with Crippen LogP contribution in [0, 0.1) is 6.92 Å². The number of hydrogen-bond donors (Lipinski definition) is 1. The first-order chi connectivity index (χ1) is 8.25. The summed E-state index contributed by atoms with van der Waals surface area (Å²) in [6.07, 6.45) is 3.18. The summed E-state index contributed by atoms with van der Waals surface area (Å²) < 4.78 is 0. The van der Waals surface area contributed by atoms with Crippen LogP contribution in [0.1, 0.15) is 11.1 Å². The predicted octanol–water partition coefficient (Wildman–Crippen LogP) is 1.32. The highest BCUT2D eigenvalue weighted by molar-refractivity contribution is 6.46. The van der Waals surface area contributed by atoms with Crippen molar-refractivity contribution in [3.05, 3.63) is 41.6 Å². The van der Waals surface area contributed by atoms with Gasteiger partial charge < -0.3 is 5.32 Å². The van der Waals surface area contributed by atoms with Gasteiger partial charge in [-0.1, -0.05) is 29.8 Å². The molecule has 3 rings (SSSR count). The molecule has 0 aliphatic carbocycles. The molecular weight excluding hydrogens is 214 g/mol. The van der Waals surface area contributed by atoms with E-state index in [9.17, 15) is 4.79 Å². The third kappa shape index (κ3) is 1.58. The van der Waals surface area contributed by atoms with Crippen LogP contribution in [-0.2, 0) is 4.79 Å². The van der Waals surface area contributed by atoms with Crippen molar-refractivity contribution in [3.8, 4) is 0 Å². The highest BCUT2D eigenvalue weighted by Gasteiger charge is 2.32. The van der Waals surface area contributed by atoms with E-state index in [1.807, 2.05) is 25.1 Å². The van der Waals surface area contributed by atoms with E-state index in [0.717, 1.165) is 11.1 Å². The highest BCUT2D eigenvalue weighted by Crippen LogP contribution is 2.28. The molecule has 0 saturated carbocycles. The third-order valence-electron chi connectivity index (χ3n) is 2.90. The fraction of sp³-hybridized carbons (Fsp3) is 0.154. The standard InChI is InChI=1S/C13H11N3O/c1-8-3-2-4-9(5-8)10-6-14-12-11(10)15-7-16-13(12)17/h2-7,11H,1H3,(H,15,16,17). The lowest BCUT2D eigenvalue weighted by molar-refractivity contribution is -0.113. The summed E-state index contributed by atoms with van der Waals surface area (Å²) in [4.78, 5) is 20.0. The lowest BCUT2D eigenvalue weighted by atomic mass is 9.96. The van der Waals surface area contributed by atoms with Gasteiger partial charge in [-0.2, -0.15) is 0 Å². The zero-order valence-corrected chi connectivity index (χ0v) is 9.34. The van der Waals surface area contributed by atoms with E-state index < -0.39 is 0 Å². The van der Waals surface area contributed by atoms with Crippen LogP contribution < -0.4 is 5.32 Å². The molecule has 0 saturated heterocycles. The molecule has 1 atom stereocenters. The van der Waals surface area contributed by atoms with E-state index in [-0.39, 0.29) is 11.9 Å². The summed E-state index contributed by atoms with van der Waals surface area (Å²) in [6.45, 7) is 2.04. The van der Waals surface area contributed by atoms with Crippen molar-refractivity contribution in [1.29, 1.82) is 0 Å². The molecule has 0 fully saturated rings. The summed E-state index contributed by atoms with van der Waals surface area (Å²) in [5.41, 5.74) is 3.71. The topological polar surface area (TPSA) is 53.8 Å². The molecule has 84 valence electrons. The SMILES string of the molecule is Cc1cccc(C2=CN=C3C(=O)NC=NC23)c1. The van der Waals surface area contributed by atoms with Gasteiger partial charge in [0.25, 0.3) is 5.91 Å². The molecule has 1 amide bonds. The van der Waals surface area contributed by atoms with Gasteiger partial charge in [0.1, 0.15) is 11.8 Å². The Bertz CT molecular complexity index is 584. The summed E-state index contributed by atoms with van der Waals surface area (Å²) in [5.74, 6) is -0.163. The van der Waals surface area contributed by atoms with Crippen LogP contribution in [0.15, 0.2) is 40.5 Å². The molecule has 2 aliphatic heterocycles. The first-order valence-corrected chi connectivity index (χ1v) is 5.43. The van der Waals surface area contributed by atoms with Gasteiger partial charge in [0.2, 0.25) is 0 Å². The second-order valence-corrected chi connectivity index (χ2v) is 4.12. The van der Waals surface area contributed by atoms with Crippen molar-refractivity contribution in [2.75, 3.05) is 0 Å². The van der Waals surface area contributed by atoms with Crippen LogP contribution in [0.5, 0.6) is 0 Å². The first-order valence-electron chi connectivity index (χ1n) is 5.43. The van der Waals surface area contributed by atoms with Gasteiger partial charge in [0.05, 0.1) is 6.34 Å². The van der Waals surface area contributed by atoms with Crippen LogP contribution in [0.25, 0.3) is 5.57 Å². The first kappa shape index (κ1) is 9.96. The molecule has 1 aromatic carbocycles. The molecule has 0 radical (unpaired) electrons. The Labute approximate surface area is 98.8 Å². The van der Waals surface area contributed by atoms with Crippen molar-refractivity contribution in [2.45, 2.75) is 13.0 Å². The molecule has 2 aliphatic rings. The Balaban J connectivity index is 2.00. The minimum absolute atomic E-state index is 0.163. The molecule has 0 spiro atoms. The van der Waals surface area contributed by atoms with Crippen LogP contribution in [0.4, 0.5) is 0 Å². The van der Waals surface area contributed by atoms with E-state index >= 15 is 0 Å². The lowest BCUT2D eigenvalue weighted by Gasteiger charge is -2.16. The normalized spacial score (nSPS) is 21.7. The fourth-order valence-electron chi connectivity index (χ4n) is 2.06. The quantitative estimate of drug-likeness (QED) is 0.770. The van der Waals surface area contributed by atoms with Crippen LogP contribution in [0.2, 0.25) is 0 Å². The molecule has 1 N–H and O–H groups in total. The predicted molar refractivity (Wildman–Crippen MR) is 67.0 cm³/mol. The number of aliphatic imine (C=N–C) groups is 2. The van der Waals surface area contributed by atoms with Crippen LogP contribution >= 0.6 is 0 Å². The zero-order valence-electron chi connectivity index (χ0n) is 9.34. The Morgan fingerprint density at radius 1 is 1.35 bits per heavy atom. The van der Waals surface area contributed by atoms with Gasteiger partial charge in [-0.25, -0.2) is 0 Å². The average Bonchev–Trinajstić information content (AvgIpc) is 2.74. The smallest absolute Gasteiger partial charge is 0.273 e. The summed E-state index contributed by atoms with van der Waals surface area (Å²) in [7, 11) is 0.